The van der Waals surface area contributed by atoms with Crippen molar-refractivity contribution in [3.63, 3.8) is 0 Å². The van der Waals surface area contributed by atoms with Gasteiger partial charge in [0, 0.05) is 18.5 Å². The van der Waals surface area contributed by atoms with Crippen molar-refractivity contribution in [2.45, 2.75) is 20.8 Å². The molecular formula is C13H17N3O. The highest BCUT2D eigenvalue weighted by molar-refractivity contribution is 6.04. The lowest BCUT2D eigenvalue weighted by Gasteiger charge is -2.17. The molecule has 0 aliphatic carbocycles. The number of benzene rings is 1. The summed E-state index contributed by atoms with van der Waals surface area (Å²) >= 11 is 0. The second-order valence-corrected chi connectivity index (χ2v) is 4.10. The van der Waals surface area contributed by atoms with E-state index in [-0.39, 0.29) is 5.91 Å². The summed E-state index contributed by atoms with van der Waals surface area (Å²) in [5.74, 6) is -0.00755. The van der Waals surface area contributed by atoms with Crippen LogP contribution in [-0.2, 0) is 0 Å². The van der Waals surface area contributed by atoms with Crippen LogP contribution in [0.5, 0.6) is 0 Å². The number of carbonyl (C=O) groups is 1. The Labute approximate surface area is 101 Å². The summed E-state index contributed by atoms with van der Waals surface area (Å²) in [7, 11) is 0. The predicted molar refractivity (Wildman–Crippen MR) is 68.1 cm³/mol. The smallest absolute Gasteiger partial charge is 0.274 e. The molecule has 0 spiro atoms. The monoisotopic (exact) mass is 231 g/mol. The molecular weight excluding hydrogens is 214 g/mol. The Hall–Kier alpha value is -1.84. The van der Waals surface area contributed by atoms with Crippen LogP contribution in [0.25, 0.3) is 10.9 Å². The van der Waals surface area contributed by atoms with Gasteiger partial charge in [-0.3, -0.25) is 9.89 Å². The molecule has 2 rings (SSSR count). The summed E-state index contributed by atoms with van der Waals surface area (Å²) in [6.45, 7) is 7.37. The van der Waals surface area contributed by atoms with Gasteiger partial charge in [-0.25, -0.2) is 0 Å². The molecule has 0 aliphatic rings. The van der Waals surface area contributed by atoms with Gasteiger partial charge < -0.3 is 4.90 Å². The Morgan fingerprint density at radius 1 is 1.35 bits per heavy atom. The minimum atomic E-state index is -0.00755. The van der Waals surface area contributed by atoms with Crippen molar-refractivity contribution < 1.29 is 4.79 Å². The van der Waals surface area contributed by atoms with Gasteiger partial charge in [0.1, 0.15) is 0 Å². The number of nitrogens with one attached hydrogen (secondary N) is 1. The number of H-pyrrole nitrogens is 1. The third-order valence-corrected chi connectivity index (χ3v) is 2.97. The van der Waals surface area contributed by atoms with Crippen LogP contribution in [0.2, 0.25) is 0 Å². The first-order valence-corrected chi connectivity index (χ1v) is 5.91. The lowest BCUT2D eigenvalue weighted by Crippen LogP contribution is -2.30. The van der Waals surface area contributed by atoms with Gasteiger partial charge in [-0.05, 0) is 32.9 Å². The van der Waals surface area contributed by atoms with Crippen LogP contribution in [0, 0.1) is 6.92 Å². The molecule has 4 nitrogen and oxygen atoms in total. The standard InChI is InChI=1S/C13H17N3O/c1-4-16(5-2)13(17)12-10-8-9(3)6-7-11(10)14-15-12/h6-8H,4-5H2,1-3H3,(H,14,15). The zero-order valence-corrected chi connectivity index (χ0v) is 10.4. The van der Waals surface area contributed by atoms with E-state index >= 15 is 0 Å². The highest BCUT2D eigenvalue weighted by atomic mass is 16.2. The van der Waals surface area contributed by atoms with Crippen LogP contribution in [0.3, 0.4) is 0 Å². The largest absolute Gasteiger partial charge is 0.338 e. The SMILES string of the molecule is CCN(CC)C(=O)c1n[nH]c2ccc(C)cc12. The molecule has 1 aromatic heterocycles. The molecule has 0 unspecified atom stereocenters. The first-order chi connectivity index (χ1) is 8.17. The normalized spacial score (nSPS) is 10.8. The molecule has 17 heavy (non-hydrogen) atoms. The maximum Gasteiger partial charge on any atom is 0.274 e. The van der Waals surface area contributed by atoms with Crippen LogP contribution >= 0.6 is 0 Å². The fourth-order valence-corrected chi connectivity index (χ4v) is 1.95. The summed E-state index contributed by atoms with van der Waals surface area (Å²) in [4.78, 5) is 14.0. The molecule has 1 N–H and O–H groups in total. The molecule has 0 fully saturated rings. The Kier molecular flexibility index (Phi) is 3.13. The molecule has 1 aromatic carbocycles. The van der Waals surface area contributed by atoms with Crippen molar-refractivity contribution in [1.82, 2.24) is 15.1 Å². The number of amides is 1. The zero-order valence-electron chi connectivity index (χ0n) is 10.4. The molecule has 0 bridgehead atoms. The molecule has 0 aliphatic heterocycles. The number of carbonyl (C=O) groups excluding carboxylic acids is 1. The second kappa shape index (κ2) is 4.57. The quantitative estimate of drug-likeness (QED) is 0.881. The number of aromatic nitrogens is 2. The molecule has 1 amide bonds. The number of aromatic amines is 1. The maximum atomic E-state index is 12.2. The highest BCUT2D eigenvalue weighted by Crippen LogP contribution is 2.18. The number of hydrogen-bond acceptors (Lipinski definition) is 2. The van der Waals surface area contributed by atoms with E-state index in [4.69, 9.17) is 0 Å². The van der Waals surface area contributed by atoms with E-state index in [9.17, 15) is 4.79 Å². The van der Waals surface area contributed by atoms with Gasteiger partial charge in [-0.1, -0.05) is 11.6 Å². The van der Waals surface area contributed by atoms with Crippen molar-refractivity contribution in [2.24, 2.45) is 0 Å². The Morgan fingerprint density at radius 2 is 2.06 bits per heavy atom. The number of fused-ring (bicyclic) bond motifs is 1. The molecule has 0 saturated carbocycles. The third kappa shape index (κ3) is 2.02. The van der Waals surface area contributed by atoms with Crippen molar-refractivity contribution in [2.75, 3.05) is 13.1 Å². The molecule has 0 radical (unpaired) electrons. The van der Waals surface area contributed by atoms with Crippen molar-refractivity contribution in [1.29, 1.82) is 0 Å². The Morgan fingerprint density at radius 3 is 2.71 bits per heavy atom. The summed E-state index contributed by atoms with van der Waals surface area (Å²) < 4.78 is 0. The van der Waals surface area contributed by atoms with E-state index in [1.807, 2.05) is 39.0 Å². The Balaban J connectivity index is 2.48. The molecule has 90 valence electrons. The predicted octanol–water partition coefficient (Wildman–Crippen LogP) is 2.35. The van der Waals surface area contributed by atoms with Crippen LogP contribution in [0.4, 0.5) is 0 Å². The molecule has 4 heteroatoms. The minimum absolute atomic E-state index is 0.00755. The zero-order chi connectivity index (χ0) is 12.4. The molecule has 2 aromatic rings. The highest BCUT2D eigenvalue weighted by Gasteiger charge is 2.18. The average molecular weight is 231 g/mol. The van der Waals surface area contributed by atoms with Gasteiger partial charge in [-0.15, -0.1) is 0 Å². The van der Waals surface area contributed by atoms with E-state index in [1.54, 1.807) is 4.90 Å². The van der Waals surface area contributed by atoms with Crippen molar-refractivity contribution in [3.8, 4) is 0 Å². The topological polar surface area (TPSA) is 49.0 Å². The van der Waals surface area contributed by atoms with E-state index in [2.05, 4.69) is 10.2 Å². The average Bonchev–Trinajstić information content (AvgIpc) is 2.73. The lowest BCUT2D eigenvalue weighted by molar-refractivity contribution is 0.0769. The van der Waals surface area contributed by atoms with E-state index in [0.717, 1.165) is 16.5 Å². The van der Waals surface area contributed by atoms with Gasteiger partial charge in [0.25, 0.3) is 5.91 Å². The van der Waals surface area contributed by atoms with Gasteiger partial charge in [0.05, 0.1) is 5.52 Å². The van der Waals surface area contributed by atoms with Crippen LogP contribution < -0.4 is 0 Å². The van der Waals surface area contributed by atoms with Crippen molar-refractivity contribution >= 4 is 16.8 Å². The van der Waals surface area contributed by atoms with Gasteiger partial charge >= 0.3 is 0 Å². The summed E-state index contributed by atoms with van der Waals surface area (Å²) in [6.07, 6.45) is 0. The second-order valence-electron chi connectivity index (χ2n) is 4.10. The fourth-order valence-electron chi connectivity index (χ4n) is 1.95. The van der Waals surface area contributed by atoms with Gasteiger partial charge in [0.2, 0.25) is 0 Å². The maximum absolute atomic E-state index is 12.2. The molecule has 1 heterocycles. The Bertz CT molecular complexity index is 541. The van der Waals surface area contributed by atoms with Crippen molar-refractivity contribution in [3.05, 3.63) is 29.5 Å². The van der Waals surface area contributed by atoms with Crippen LogP contribution in [-0.4, -0.2) is 34.1 Å². The van der Waals surface area contributed by atoms with Crippen LogP contribution in [0.1, 0.15) is 29.9 Å². The first-order valence-electron chi connectivity index (χ1n) is 5.91. The summed E-state index contributed by atoms with van der Waals surface area (Å²) in [5.41, 5.74) is 2.56. The number of nitrogens with zero attached hydrogens (tertiary/aromatic N) is 2. The summed E-state index contributed by atoms with van der Waals surface area (Å²) in [6, 6.07) is 5.96. The van der Waals surface area contributed by atoms with Gasteiger partial charge in [0.15, 0.2) is 5.69 Å². The number of aryl methyl sites for hydroxylation is 1. The minimum Gasteiger partial charge on any atom is -0.338 e. The first kappa shape index (κ1) is 11.6. The lowest BCUT2D eigenvalue weighted by atomic mass is 10.1. The van der Waals surface area contributed by atoms with E-state index < -0.39 is 0 Å². The summed E-state index contributed by atoms with van der Waals surface area (Å²) in [5, 5.41) is 7.94. The molecule has 0 saturated heterocycles. The number of hydrogen-bond donors (Lipinski definition) is 1. The fraction of sp³-hybridized carbons (Fsp3) is 0.385. The van der Waals surface area contributed by atoms with E-state index in [0.29, 0.717) is 18.8 Å². The van der Waals surface area contributed by atoms with Crippen LogP contribution in [0.15, 0.2) is 18.2 Å². The van der Waals surface area contributed by atoms with E-state index in [1.165, 1.54) is 0 Å². The third-order valence-electron chi connectivity index (χ3n) is 2.97. The molecule has 0 atom stereocenters. The van der Waals surface area contributed by atoms with Gasteiger partial charge in [-0.2, -0.15) is 5.10 Å². The number of rotatable bonds is 3.